The lowest BCUT2D eigenvalue weighted by molar-refractivity contribution is 0.0176. The van der Waals surface area contributed by atoms with E-state index in [1.165, 1.54) is 25.2 Å². The van der Waals surface area contributed by atoms with Gasteiger partial charge in [0.05, 0.1) is 21.9 Å². The lowest BCUT2D eigenvalue weighted by Crippen LogP contribution is -2.18. The van der Waals surface area contributed by atoms with Crippen molar-refractivity contribution < 1.29 is 17.2 Å². The van der Waals surface area contributed by atoms with Crippen molar-refractivity contribution in [1.82, 2.24) is 14.3 Å². The number of alkyl halides is 2. The van der Waals surface area contributed by atoms with Gasteiger partial charge in [-0.15, -0.1) is 0 Å². The zero-order valence-corrected chi connectivity index (χ0v) is 17.7. The first-order valence-electron chi connectivity index (χ1n) is 8.73. The van der Waals surface area contributed by atoms with Crippen molar-refractivity contribution in [3.05, 3.63) is 70.6 Å². The van der Waals surface area contributed by atoms with Crippen LogP contribution in [0.15, 0.2) is 53.8 Å². The van der Waals surface area contributed by atoms with Crippen LogP contribution in [0.4, 0.5) is 8.78 Å². The summed E-state index contributed by atoms with van der Waals surface area (Å²) in [6.45, 7) is 0.800. The van der Waals surface area contributed by atoms with Gasteiger partial charge in [0.25, 0.3) is 5.92 Å². The monoisotopic (exact) mass is 439 g/mol. The summed E-state index contributed by atoms with van der Waals surface area (Å²) in [5, 5.41) is -0.0104. The highest BCUT2D eigenvalue weighted by molar-refractivity contribution is 7.89. The maximum Gasteiger partial charge on any atom is 0.271 e. The summed E-state index contributed by atoms with van der Waals surface area (Å²) in [6, 6.07) is 9.18. The highest BCUT2D eigenvalue weighted by Gasteiger charge is 2.27. The van der Waals surface area contributed by atoms with Crippen LogP contribution in [-0.4, -0.2) is 25.0 Å². The summed E-state index contributed by atoms with van der Waals surface area (Å²) in [4.78, 5) is 4.44. The van der Waals surface area contributed by atoms with Crippen molar-refractivity contribution in [2.75, 3.05) is 7.05 Å². The number of halogens is 3. The van der Waals surface area contributed by atoms with E-state index in [1.54, 1.807) is 35.3 Å². The van der Waals surface area contributed by atoms with E-state index in [0.29, 0.717) is 17.7 Å². The highest BCUT2D eigenvalue weighted by atomic mass is 35.5. The molecule has 0 radical (unpaired) electrons. The summed E-state index contributed by atoms with van der Waals surface area (Å²) < 4.78 is 55.7. The normalized spacial score (nSPS) is 12.3. The Morgan fingerprint density at radius 1 is 1.21 bits per heavy atom. The van der Waals surface area contributed by atoms with Gasteiger partial charge in [-0.2, -0.15) is 0 Å². The molecule has 0 amide bonds. The summed E-state index contributed by atoms with van der Waals surface area (Å²) >= 11 is 6.06. The number of sulfonamides is 1. The van der Waals surface area contributed by atoms with Crippen molar-refractivity contribution in [2.24, 2.45) is 7.05 Å². The van der Waals surface area contributed by atoms with E-state index in [1.807, 2.05) is 7.05 Å². The van der Waals surface area contributed by atoms with Crippen LogP contribution < -0.4 is 4.72 Å². The Balaban J connectivity index is 2.06. The molecule has 0 atom stereocenters. The molecular weight excluding hydrogens is 420 g/mol. The molecule has 0 fully saturated rings. The third kappa shape index (κ3) is 4.66. The standard InChI is InChI=1S/C20H20ClF2N3O2S/c1-20(22,23)17-7-4-13(9-18(17)21)8-14-5-6-15(29(27,28)24-2)10-16(14)19-11-26(3)12-25-19/h4-7,9-12,24H,8H2,1-3H3. The van der Waals surface area contributed by atoms with Crippen molar-refractivity contribution in [3.8, 4) is 11.3 Å². The van der Waals surface area contributed by atoms with E-state index in [2.05, 4.69) is 9.71 Å². The Bertz CT molecular complexity index is 1150. The predicted octanol–water partition coefficient (Wildman–Crippen LogP) is 4.35. The number of aryl methyl sites for hydroxylation is 1. The number of nitrogens with zero attached hydrogens (tertiary/aromatic N) is 2. The molecule has 0 aliphatic rings. The minimum absolute atomic E-state index is 0.0104. The molecule has 0 saturated carbocycles. The molecule has 0 bridgehead atoms. The minimum atomic E-state index is -3.63. The third-order valence-electron chi connectivity index (χ3n) is 4.54. The van der Waals surface area contributed by atoms with Gasteiger partial charge in [-0.25, -0.2) is 26.9 Å². The van der Waals surface area contributed by atoms with Crippen LogP contribution in [0, 0.1) is 0 Å². The van der Waals surface area contributed by atoms with Crippen LogP contribution in [0.1, 0.15) is 23.6 Å². The first-order valence-corrected chi connectivity index (χ1v) is 10.6. The van der Waals surface area contributed by atoms with Gasteiger partial charge < -0.3 is 4.57 Å². The van der Waals surface area contributed by atoms with E-state index in [9.17, 15) is 17.2 Å². The molecule has 2 aromatic carbocycles. The van der Waals surface area contributed by atoms with Crippen LogP contribution in [0.2, 0.25) is 5.02 Å². The van der Waals surface area contributed by atoms with Gasteiger partial charge in [0.15, 0.2) is 0 Å². The average Bonchev–Trinajstić information content (AvgIpc) is 3.07. The van der Waals surface area contributed by atoms with Gasteiger partial charge in [-0.3, -0.25) is 0 Å². The van der Waals surface area contributed by atoms with Gasteiger partial charge in [0.1, 0.15) is 0 Å². The first-order chi connectivity index (χ1) is 13.5. The summed E-state index contributed by atoms with van der Waals surface area (Å²) in [5.74, 6) is -3.03. The zero-order valence-electron chi connectivity index (χ0n) is 16.1. The summed E-state index contributed by atoms with van der Waals surface area (Å²) in [5.41, 5.74) is 2.54. The molecule has 9 heteroatoms. The van der Waals surface area contributed by atoms with Gasteiger partial charge in [0.2, 0.25) is 10.0 Å². The van der Waals surface area contributed by atoms with E-state index in [0.717, 1.165) is 18.1 Å². The highest BCUT2D eigenvalue weighted by Crippen LogP contribution is 2.34. The molecule has 3 aromatic rings. The molecule has 0 aliphatic heterocycles. The number of nitrogens with one attached hydrogen (secondary N) is 1. The van der Waals surface area contributed by atoms with Crippen molar-refractivity contribution in [1.29, 1.82) is 0 Å². The van der Waals surface area contributed by atoms with E-state index in [-0.39, 0.29) is 15.5 Å². The molecule has 0 unspecified atom stereocenters. The fourth-order valence-corrected chi connectivity index (χ4v) is 4.15. The molecule has 1 aromatic heterocycles. The second kappa shape index (κ2) is 7.85. The van der Waals surface area contributed by atoms with Gasteiger partial charge in [0, 0.05) is 31.3 Å². The topological polar surface area (TPSA) is 64.0 Å². The van der Waals surface area contributed by atoms with E-state index < -0.39 is 15.9 Å². The van der Waals surface area contributed by atoms with Crippen LogP contribution in [0.5, 0.6) is 0 Å². The number of rotatable bonds is 6. The van der Waals surface area contributed by atoms with Crippen molar-refractivity contribution >= 4 is 21.6 Å². The quantitative estimate of drug-likeness (QED) is 0.621. The largest absolute Gasteiger partial charge is 0.340 e. The smallest absolute Gasteiger partial charge is 0.271 e. The maximum atomic E-state index is 13.6. The molecule has 1 heterocycles. The Morgan fingerprint density at radius 2 is 1.93 bits per heavy atom. The Hall–Kier alpha value is -2.29. The van der Waals surface area contributed by atoms with Gasteiger partial charge in [-0.05, 0) is 42.8 Å². The Labute approximate surface area is 173 Å². The third-order valence-corrected chi connectivity index (χ3v) is 6.27. The first kappa shape index (κ1) is 21.4. The maximum absolute atomic E-state index is 13.6. The molecule has 3 rings (SSSR count). The molecule has 154 valence electrons. The molecule has 0 spiro atoms. The second-order valence-electron chi connectivity index (χ2n) is 6.83. The summed E-state index contributed by atoms with van der Waals surface area (Å²) in [6.07, 6.45) is 3.77. The van der Waals surface area contributed by atoms with Gasteiger partial charge in [-0.1, -0.05) is 29.8 Å². The molecule has 5 nitrogen and oxygen atoms in total. The molecule has 1 N–H and O–H groups in total. The lowest BCUT2D eigenvalue weighted by atomic mass is 9.97. The molecule has 0 saturated heterocycles. The van der Waals surface area contributed by atoms with Crippen LogP contribution in [-0.2, 0) is 29.4 Å². The molecule has 0 aliphatic carbocycles. The SMILES string of the molecule is CNS(=O)(=O)c1ccc(Cc2ccc(C(C)(F)F)c(Cl)c2)c(-c2cn(C)cn2)c1. The fraction of sp³-hybridized carbons (Fsp3) is 0.250. The number of hydrogen-bond acceptors (Lipinski definition) is 3. The molecular formula is C20H20ClF2N3O2S. The fourth-order valence-electron chi connectivity index (χ4n) is 3.03. The minimum Gasteiger partial charge on any atom is -0.340 e. The Morgan fingerprint density at radius 3 is 2.48 bits per heavy atom. The lowest BCUT2D eigenvalue weighted by Gasteiger charge is -2.15. The Kier molecular flexibility index (Phi) is 5.80. The predicted molar refractivity (Wildman–Crippen MR) is 109 cm³/mol. The van der Waals surface area contributed by atoms with Crippen molar-refractivity contribution in [2.45, 2.75) is 24.2 Å². The number of benzene rings is 2. The van der Waals surface area contributed by atoms with E-state index >= 15 is 0 Å². The van der Waals surface area contributed by atoms with Crippen LogP contribution in [0.25, 0.3) is 11.3 Å². The van der Waals surface area contributed by atoms with E-state index in [4.69, 9.17) is 11.6 Å². The van der Waals surface area contributed by atoms with Gasteiger partial charge >= 0.3 is 0 Å². The average molecular weight is 440 g/mol. The molecule has 29 heavy (non-hydrogen) atoms. The second-order valence-corrected chi connectivity index (χ2v) is 9.12. The summed E-state index contributed by atoms with van der Waals surface area (Å²) in [7, 11) is -0.472. The van der Waals surface area contributed by atoms with Crippen LogP contribution in [0.3, 0.4) is 0 Å². The zero-order chi connectivity index (χ0) is 21.4. The van der Waals surface area contributed by atoms with Crippen molar-refractivity contribution in [3.63, 3.8) is 0 Å². The number of imidazole rings is 1. The van der Waals surface area contributed by atoms with Crippen LogP contribution >= 0.6 is 11.6 Å². The number of hydrogen-bond donors (Lipinski definition) is 1. The number of aromatic nitrogens is 2.